The van der Waals surface area contributed by atoms with Crippen molar-refractivity contribution in [2.45, 2.75) is 32.6 Å². The van der Waals surface area contributed by atoms with E-state index in [-0.39, 0.29) is 24.3 Å². The van der Waals surface area contributed by atoms with Crippen LogP contribution in [0.15, 0.2) is 23.9 Å². The van der Waals surface area contributed by atoms with E-state index in [0.29, 0.717) is 46.5 Å². The number of imide groups is 1. The van der Waals surface area contributed by atoms with Crippen LogP contribution in [0.1, 0.15) is 38.2 Å². The predicted molar refractivity (Wildman–Crippen MR) is 106 cm³/mol. The Hall–Kier alpha value is -1.56. The minimum Gasteiger partial charge on any atom is -0.396 e. The molecule has 7 heteroatoms. The fourth-order valence-electron chi connectivity index (χ4n) is 3.73. The van der Waals surface area contributed by atoms with E-state index in [1.54, 1.807) is 18.2 Å². The quantitative estimate of drug-likeness (QED) is 0.727. The van der Waals surface area contributed by atoms with Gasteiger partial charge in [0.25, 0.3) is 11.8 Å². The van der Waals surface area contributed by atoms with Crippen LogP contribution >= 0.6 is 23.2 Å². The normalized spacial score (nSPS) is 20.8. The number of carbonyl (C=O) groups excluding carboxylic acids is 2. The van der Waals surface area contributed by atoms with Crippen LogP contribution in [0, 0.1) is 5.92 Å². The van der Waals surface area contributed by atoms with Gasteiger partial charge in [0, 0.05) is 36.8 Å². The van der Waals surface area contributed by atoms with Crippen LogP contribution < -0.4 is 0 Å². The number of likely N-dealkylation sites (tertiary alicyclic amines) is 1. The van der Waals surface area contributed by atoms with Crippen LogP contribution in [0.3, 0.4) is 0 Å². The molecule has 2 aliphatic rings. The molecule has 2 aliphatic heterocycles. The number of hydrogen-bond acceptors (Lipinski definition) is 4. The zero-order valence-electron chi connectivity index (χ0n) is 15.4. The molecule has 0 aliphatic carbocycles. The van der Waals surface area contributed by atoms with Gasteiger partial charge >= 0.3 is 0 Å². The van der Waals surface area contributed by atoms with Crippen LogP contribution in [0.5, 0.6) is 0 Å². The van der Waals surface area contributed by atoms with Gasteiger partial charge in [-0.05, 0) is 37.3 Å². The third-order valence-electron chi connectivity index (χ3n) is 5.17. The standard InChI is InChI=1S/C20H24Cl2N2O3/c1-2-3-9-24-19(26)17(15-7-6-14(21)10-16(15)22)18(20(24)27)23-8-4-5-13(11-23)12-25/h6-7,10,13,25H,2-5,8-9,11-12H2,1H3. The summed E-state index contributed by atoms with van der Waals surface area (Å²) >= 11 is 12.4. The van der Waals surface area contributed by atoms with Gasteiger partial charge in [0.1, 0.15) is 5.70 Å². The Labute approximate surface area is 169 Å². The molecule has 1 saturated heterocycles. The molecule has 0 radical (unpaired) electrons. The maximum Gasteiger partial charge on any atom is 0.277 e. The number of unbranched alkanes of at least 4 members (excludes halogenated alkanes) is 1. The number of aliphatic hydroxyl groups is 1. The first-order chi connectivity index (χ1) is 13.0. The van der Waals surface area contributed by atoms with Gasteiger partial charge in [-0.25, -0.2) is 0 Å². The van der Waals surface area contributed by atoms with Crippen LogP contribution in [-0.4, -0.2) is 53.0 Å². The molecule has 5 nitrogen and oxygen atoms in total. The summed E-state index contributed by atoms with van der Waals surface area (Å²) < 4.78 is 0. The van der Waals surface area contributed by atoms with E-state index in [0.717, 1.165) is 25.7 Å². The van der Waals surface area contributed by atoms with Gasteiger partial charge in [0.2, 0.25) is 0 Å². The first kappa shape index (κ1) is 20.2. The molecule has 1 atom stereocenters. The van der Waals surface area contributed by atoms with Crippen molar-refractivity contribution in [2.75, 3.05) is 26.2 Å². The number of amides is 2. The summed E-state index contributed by atoms with van der Waals surface area (Å²) in [6.07, 6.45) is 3.43. The molecule has 1 fully saturated rings. The van der Waals surface area contributed by atoms with Gasteiger partial charge in [0.05, 0.1) is 10.6 Å². The Bertz CT molecular complexity index is 778. The minimum absolute atomic E-state index is 0.0719. The highest BCUT2D eigenvalue weighted by molar-refractivity contribution is 6.41. The summed E-state index contributed by atoms with van der Waals surface area (Å²) in [4.78, 5) is 29.6. The van der Waals surface area contributed by atoms with Crippen molar-refractivity contribution < 1.29 is 14.7 Å². The Morgan fingerprint density at radius 2 is 2.00 bits per heavy atom. The molecule has 2 heterocycles. The SMILES string of the molecule is CCCCN1C(=O)C(c2ccc(Cl)cc2Cl)=C(N2CCCC(CO)C2)C1=O. The van der Waals surface area contributed by atoms with Gasteiger partial charge < -0.3 is 10.0 Å². The molecular weight excluding hydrogens is 387 g/mol. The molecule has 2 amide bonds. The highest BCUT2D eigenvalue weighted by atomic mass is 35.5. The van der Waals surface area contributed by atoms with Gasteiger partial charge in [-0.2, -0.15) is 0 Å². The molecule has 0 spiro atoms. The zero-order chi connectivity index (χ0) is 19.6. The number of nitrogens with zero attached hydrogens (tertiary/aromatic N) is 2. The van der Waals surface area contributed by atoms with E-state index >= 15 is 0 Å². The molecule has 3 rings (SSSR count). The van der Waals surface area contributed by atoms with Crippen molar-refractivity contribution in [3.8, 4) is 0 Å². The summed E-state index contributed by atoms with van der Waals surface area (Å²) in [5, 5.41) is 10.4. The Kier molecular flexibility index (Phi) is 6.45. The second-order valence-corrected chi connectivity index (χ2v) is 7.94. The topological polar surface area (TPSA) is 60.9 Å². The summed E-state index contributed by atoms with van der Waals surface area (Å²) in [6, 6.07) is 4.96. The minimum atomic E-state index is -0.307. The van der Waals surface area contributed by atoms with E-state index in [9.17, 15) is 14.7 Å². The van der Waals surface area contributed by atoms with Crippen LogP contribution in [0.25, 0.3) is 5.57 Å². The van der Waals surface area contributed by atoms with Crippen LogP contribution in [0.2, 0.25) is 10.0 Å². The van der Waals surface area contributed by atoms with Crippen molar-refractivity contribution in [3.05, 3.63) is 39.5 Å². The second-order valence-electron chi connectivity index (χ2n) is 7.10. The van der Waals surface area contributed by atoms with Crippen LogP contribution in [0.4, 0.5) is 0 Å². The number of halogens is 2. The Morgan fingerprint density at radius 1 is 1.22 bits per heavy atom. The molecule has 0 saturated carbocycles. The second kappa shape index (κ2) is 8.63. The highest BCUT2D eigenvalue weighted by Gasteiger charge is 2.42. The number of piperidine rings is 1. The van der Waals surface area contributed by atoms with Gasteiger partial charge in [-0.3, -0.25) is 14.5 Å². The molecule has 1 aromatic rings. The first-order valence-corrected chi connectivity index (χ1v) is 10.1. The lowest BCUT2D eigenvalue weighted by molar-refractivity contribution is -0.137. The highest BCUT2D eigenvalue weighted by Crippen LogP contribution is 2.37. The smallest absolute Gasteiger partial charge is 0.277 e. The summed E-state index contributed by atoms with van der Waals surface area (Å²) in [6.45, 7) is 3.72. The maximum absolute atomic E-state index is 13.2. The fraction of sp³-hybridized carbons (Fsp3) is 0.500. The third-order valence-corrected chi connectivity index (χ3v) is 5.72. The van der Waals surface area contributed by atoms with Gasteiger partial charge in [-0.1, -0.05) is 42.6 Å². The number of carbonyl (C=O) groups is 2. The third kappa shape index (κ3) is 4.00. The van der Waals surface area contributed by atoms with E-state index < -0.39 is 0 Å². The van der Waals surface area contributed by atoms with E-state index in [4.69, 9.17) is 23.2 Å². The zero-order valence-corrected chi connectivity index (χ0v) is 16.9. The largest absolute Gasteiger partial charge is 0.396 e. The van der Waals surface area contributed by atoms with Gasteiger partial charge in [0.15, 0.2) is 0 Å². The van der Waals surface area contributed by atoms with Gasteiger partial charge in [-0.15, -0.1) is 0 Å². The molecule has 1 aromatic carbocycles. The monoisotopic (exact) mass is 410 g/mol. The Balaban J connectivity index is 2.06. The molecule has 1 unspecified atom stereocenters. The fourth-order valence-corrected chi connectivity index (χ4v) is 4.23. The number of benzene rings is 1. The molecule has 0 bridgehead atoms. The summed E-state index contributed by atoms with van der Waals surface area (Å²) in [5.74, 6) is -0.479. The number of hydrogen-bond donors (Lipinski definition) is 1. The van der Waals surface area contributed by atoms with Crippen LogP contribution in [-0.2, 0) is 9.59 Å². The first-order valence-electron chi connectivity index (χ1n) is 9.39. The molecular formula is C20H24Cl2N2O3. The lowest BCUT2D eigenvalue weighted by Gasteiger charge is -2.34. The van der Waals surface area contributed by atoms with Crippen molar-refractivity contribution in [2.24, 2.45) is 5.92 Å². The number of aliphatic hydroxyl groups excluding tert-OH is 1. The number of rotatable bonds is 6. The molecule has 146 valence electrons. The van der Waals surface area contributed by atoms with Crippen molar-refractivity contribution in [1.29, 1.82) is 0 Å². The average molecular weight is 411 g/mol. The Morgan fingerprint density at radius 3 is 2.67 bits per heavy atom. The van der Waals surface area contributed by atoms with Crippen molar-refractivity contribution >= 4 is 40.6 Å². The summed E-state index contributed by atoms with van der Waals surface area (Å²) in [5.41, 5.74) is 1.27. The van der Waals surface area contributed by atoms with Crippen molar-refractivity contribution in [3.63, 3.8) is 0 Å². The maximum atomic E-state index is 13.2. The lowest BCUT2D eigenvalue weighted by Crippen LogP contribution is -2.40. The molecule has 27 heavy (non-hydrogen) atoms. The van der Waals surface area contributed by atoms with E-state index in [1.165, 1.54) is 4.90 Å². The van der Waals surface area contributed by atoms with E-state index in [2.05, 4.69) is 0 Å². The summed E-state index contributed by atoms with van der Waals surface area (Å²) in [7, 11) is 0. The van der Waals surface area contributed by atoms with E-state index in [1.807, 2.05) is 11.8 Å². The molecule has 1 N–H and O–H groups in total. The predicted octanol–water partition coefficient (Wildman–Crippen LogP) is 3.58. The van der Waals surface area contributed by atoms with Crippen molar-refractivity contribution in [1.82, 2.24) is 9.80 Å². The average Bonchev–Trinajstić information content (AvgIpc) is 2.90. The lowest BCUT2D eigenvalue weighted by atomic mass is 9.97. The molecule has 0 aromatic heterocycles.